The fourth-order valence-electron chi connectivity index (χ4n) is 1.76. The summed E-state index contributed by atoms with van der Waals surface area (Å²) in [6.45, 7) is 8.71. The molecule has 3 nitrogen and oxygen atoms in total. The van der Waals surface area contributed by atoms with Crippen molar-refractivity contribution in [1.82, 2.24) is 9.80 Å². The number of rotatable bonds is 2. The van der Waals surface area contributed by atoms with E-state index in [1.165, 1.54) is 0 Å². The molecule has 1 fully saturated rings. The largest absolute Gasteiger partial charge is 0.340 e. The van der Waals surface area contributed by atoms with Gasteiger partial charge >= 0.3 is 0 Å². The summed E-state index contributed by atoms with van der Waals surface area (Å²) >= 11 is 5.78. The van der Waals surface area contributed by atoms with Crippen LogP contribution < -0.4 is 0 Å². The van der Waals surface area contributed by atoms with Gasteiger partial charge in [0, 0.05) is 19.6 Å². The fourth-order valence-corrected chi connectivity index (χ4v) is 1.90. The summed E-state index contributed by atoms with van der Waals surface area (Å²) < 4.78 is 0. The van der Waals surface area contributed by atoms with Gasteiger partial charge in [-0.2, -0.15) is 0 Å². The van der Waals surface area contributed by atoms with Crippen molar-refractivity contribution in [1.29, 1.82) is 0 Å². The zero-order valence-corrected chi connectivity index (χ0v) is 9.76. The predicted molar refractivity (Wildman–Crippen MR) is 58.6 cm³/mol. The number of halogens is 1. The molecule has 1 heterocycles. The molecule has 0 aromatic heterocycles. The van der Waals surface area contributed by atoms with Crippen LogP contribution >= 0.6 is 11.6 Å². The van der Waals surface area contributed by atoms with Crippen molar-refractivity contribution in [3.05, 3.63) is 0 Å². The number of hydrogen-bond acceptors (Lipinski definition) is 2. The standard InChI is InChI=1S/C10H19ClN2O/c1-3-12-5-4-6-13(8-7-12)10(14)9(2)11/h9H,3-8H2,1-2H3. The first-order chi connectivity index (χ1) is 6.65. The summed E-state index contributed by atoms with van der Waals surface area (Å²) in [4.78, 5) is 15.9. The van der Waals surface area contributed by atoms with Crippen molar-refractivity contribution in [2.45, 2.75) is 25.6 Å². The summed E-state index contributed by atoms with van der Waals surface area (Å²) in [7, 11) is 0. The Bertz CT molecular complexity index is 197. The number of carbonyl (C=O) groups is 1. The van der Waals surface area contributed by atoms with Crippen molar-refractivity contribution < 1.29 is 4.79 Å². The highest BCUT2D eigenvalue weighted by molar-refractivity contribution is 6.30. The Balaban J connectivity index is 2.45. The van der Waals surface area contributed by atoms with E-state index in [9.17, 15) is 4.79 Å². The van der Waals surface area contributed by atoms with E-state index in [1.54, 1.807) is 6.92 Å². The maximum atomic E-state index is 11.6. The quantitative estimate of drug-likeness (QED) is 0.650. The van der Waals surface area contributed by atoms with Crippen LogP contribution in [-0.2, 0) is 4.79 Å². The average molecular weight is 219 g/mol. The maximum absolute atomic E-state index is 11.6. The maximum Gasteiger partial charge on any atom is 0.240 e. The topological polar surface area (TPSA) is 23.6 Å². The Morgan fingerprint density at radius 2 is 2.07 bits per heavy atom. The van der Waals surface area contributed by atoms with Gasteiger partial charge in [0.15, 0.2) is 0 Å². The van der Waals surface area contributed by atoms with E-state index in [1.807, 2.05) is 4.90 Å². The molecule has 1 aliphatic rings. The Kier molecular flexibility index (Phi) is 4.69. The number of nitrogens with zero attached hydrogens (tertiary/aromatic N) is 2. The number of likely N-dealkylation sites (N-methyl/N-ethyl adjacent to an activating group) is 1. The lowest BCUT2D eigenvalue weighted by atomic mass is 10.3. The molecule has 0 radical (unpaired) electrons. The molecule has 1 aliphatic heterocycles. The van der Waals surface area contributed by atoms with Gasteiger partial charge in [-0.1, -0.05) is 6.92 Å². The van der Waals surface area contributed by atoms with E-state index in [0.29, 0.717) is 0 Å². The predicted octanol–water partition coefficient (Wildman–Crippen LogP) is 1.17. The summed E-state index contributed by atoms with van der Waals surface area (Å²) in [5.41, 5.74) is 0. The third kappa shape index (κ3) is 3.14. The van der Waals surface area contributed by atoms with Gasteiger partial charge in [-0.3, -0.25) is 4.79 Å². The first-order valence-electron chi connectivity index (χ1n) is 5.30. The molecule has 0 saturated carbocycles. The zero-order valence-electron chi connectivity index (χ0n) is 9.00. The van der Waals surface area contributed by atoms with E-state index in [4.69, 9.17) is 11.6 Å². The average Bonchev–Trinajstić information content (AvgIpc) is 2.41. The van der Waals surface area contributed by atoms with Crippen LogP contribution in [0.1, 0.15) is 20.3 Å². The first kappa shape index (κ1) is 11.8. The minimum absolute atomic E-state index is 0.0737. The smallest absolute Gasteiger partial charge is 0.240 e. The van der Waals surface area contributed by atoms with Crippen LogP contribution in [0, 0.1) is 0 Å². The monoisotopic (exact) mass is 218 g/mol. The lowest BCUT2D eigenvalue weighted by Gasteiger charge is -2.22. The number of alkyl halides is 1. The number of hydrogen-bond donors (Lipinski definition) is 0. The minimum Gasteiger partial charge on any atom is -0.340 e. The Morgan fingerprint density at radius 3 is 2.64 bits per heavy atom. The molecular formula is C10H19ClN2O. The van der Waals surface area contributed by atoms with Gasteiger partial charge in [-0.05, 0) is 26.4 Å². The summed E-state index contributed by atoms with van der Waals surface area (Å²) in [5, 5.41) is -0.386. The SMILES string of the molecule is CCN1CCCN(C(=O)C(C)Cl)CC1. The van der Waals surface area contributed by atoms with Crippen LogP contribution in [0.3, 0.4) is 0 Å². The molecule has 0 aromatic carbocycles. The van der Waals surface area contributed by atoms with Crippen LogP contribution in [0.4, 0.5) is 0 Å². The highest BCUT2D eigenvalue weighted by atomic mass is 35.5. The highest BCUT2D eigenvalue weighted by Gasteiger charge is 2.21. The second-order valence-corrected chi connectivity index (χ2v) is 4.38. The van der Waals surface area contributed by atoms with Crippen molar-refractivity contribution in [3.8, 4) is 0 Å². The van der Waals surface area contributed by atoms with Gasteiger partial charge in [-0.25, -0.2) is 0 Å². The molecule has 0 aliphatic carbocycles. The van der Waals surface area contributed by atoms with Crippen LogP contribution in [0.2, 0.25) is 0 Å². The normalized spacial score (nSPS) is 21.8. The van der Waals surface area contributed by atoms with Crippen LogP contribution in [0.25, 0.3) is 0 Å². The molecule has 0 aromatic rings. The van der Waals surface area contributed by atoms with E-state index >= 15 is 0 Å². The lowest BCUT2D eigenvalue weighted by molar-refractivity contribution is -0.130. The zero-order chi connectivity index (χ0) is 10.6. The second-order valence-electron chi connectivity index (χ2n) is 3.73. The van der Waals surface area contributed by atoms with Gasteiger partial charge in [0.05, 0.1) is 0 Å². The molecule has 0 spiro atoms. The molecular weight excluding hydrogens is 200 g/mol. The van der Waals surface area contributed by atoms with Gasteiger partial charge < -0.3 is 9.80 Å². The minimum atomic E-state index is -0.386. The molecule has 1 rings (SSSR count). The first-order valence-corrected chi connectivity index (χ1v) is 5.74. The van der Waals surface area contributed by atoms with E-state index in [0.717, 1.165) is 39.1 Å². The molecule has 1 unspecified atom stereocenters. The third-order valence-corrected chi connectivity index (χ3v) is 2.87. The molecule has 0 bridgehead atoms. The highest BCUT2D eigenvalue weighted by Crippen LogP contribution is 2.07. The van der Waals surface area contributed by atoms with Gasteiger partial charge in [-0.15, -0.1) is 11.6 Å². The molecule has 82 valence electrons. The van der Waals surface area contributed by atoms with Crippen LogP contribution in [0.5, 0.6) is 0 Å². The van der Waals surface area contributed by atoms with Crippen LogP contribution in [-0.4, -0.2) is 53.8 Å². The van der Waals surface area contributed by atoms with Gasteiger partial charge in [0.2, 0.25) is 5.91 Å². The molecule has 0 N–H and O–H groups in total. The van der Waals surface area contributed by atoms with E-state index in [2.05, 4.69) is 11.8 Å². The van der Waals surface area contributed by atoms with E-state index < -0.39 is 0 Å². The van der Waals surface area contributed by atoms with Crippen molar-refractivity contribution in [3.63, 3.8) is 0 Å². The third-order valence-electron chi connectivity index (χ3n) is 2.69. The lowest BCUT2D eigenvalue weighted by Crippen LogP contribution is -2.38. The summed E-state index contributed by atoms with van der Waals surface area (Å²) in [6, 6.07) is 0. The second kappa shape index (κ2) is 5.56. The van der Waals surface area contributed by atoms with Gasteiger partial charge in [0.1, 0.15) is 5.38 Å². The Labute approximate surface area is 91.0 Å². The Hall–Kier alpha value is -0.280. The van der Waals surface area contributed by atoms with Crippen LogP contribution in [0.15, 0.2) is 0 Å². The van der Waals surface area contributed by atoms with Gasteiger partial charge in [0.25, 0.3) is 0 Å². The Morgan fingerprint density at radius 1 is 1.36 bits per heavy atom. The molecule has 1 saturated heterocycles. The molecule has 4 heteroatoms. The summed E-state index contributed by atoms with van der Waals surface area (Å²) in [6.07, 6.45) is 1.06. The fraction of sp³-hybridized carbons (Fsp3) is 0.900. The van der Waals surface area contributed by atoms with Crippen molar-refractivity contribution >= 4 is 17.5 Å². The molecule has 1 amide bonds. The van der Waals surface area contributed by atoms with Crippen molar-refractivity contribution in [2.24, 2.45) is 0 Å². The van der Waals surface area contributed by atoms with E-state index in [-0.39, 0.29) is 11.3 Å². The van der Waals surface area contributed by atoms with Crippen molar-refractivity contribution in [2.75, 3.05) is 32.7 Å². The molecule has 14 heavy (non-hydrogen) atoms. The summed E-state index contributed by atoms with van der Waals surface area (Å²) in [5.74, 6) is 0.0737. The molecule has 1 atom stereocenters. The number of amides is 1. The number of carbonyl (C=O) groups excluding carboxylic acids is 1.